The first-order valence-electron chi connectivity index (χ1n) is 15.0. The zero-order valence-corrected chi connectivity index (χ0v) is 24.1. The maximum atomic E-state index is 15.0. The van der Waals surface area contributed by atoms with Crippen LogP contribution in [0, 0.1) is 58.4 Å². The Morgan fingerprint density at radius 1 is 0.595 bits per heavy atom. The number of rotatable bonds is 14. The van der Waals surface area contributed by atoms with E-state index in [1.165, 1.54) is 0 Å². The fourth-order valence-electron chi connectivity index (χ4n) is 5.67. The van der Waals surface area contributed by atoms with E-state index in [2.05, 4.69) is 6.92 Å². The van der Waals surface area contributed by atoms with Crippen LogP contribution in [0.15, 0.2) is 0 Å². The number of esters is 1. The maximum absolute atomic E-state index is 15.0. The summed E-state index contributed by atoms with van der Waals surface area (Å²) in [5.74, 6) is -20.6. The van der Waals surface area contributed by atoms with Crippen molar-refractivity contribution >= 4 is 5.97 Å². The van der Waals surface area contributed by atoms with Crippen LogP contribution in [-0.4, -0.2) is 5.97 Å². The van der Waals surface area contributed by atoms with Gasteiger partial charge >= 0.3 is 5.97 Å². The molecule has 0 unspecified atom stereocenters. The smallest absolute Gasteiger partial charge is 0.314 e. The highest BCUT2D eigenvalue weighted by molar-refractivity contribution is 5.76. The molecule has 10 heteroatoms. The van der Waals surface area contributed by atoms with Crippen LogP contribution in [0.25, 0.3) is 11.1 Å². The summed E-state index contributed by atoms with van der Waals surface area (Å²) in [7, 11) is 0. The number of hydrogen-bond acceptors (Lipinski definition) is 2. The van der Waals surface area contributed by atoms with Crippen LogP contribution in [0.1, 0.15) is 109 Å². The molecule has 234 valence electrons. The van der Waals surface area contributed by atoms with Gasteiger partial charge in [0, 0.05) is 5.56 Å². The van der Waals surface area contributed by atoms with Crippen molar-refractivity contribution in [2.45, 2.75) is 110 Å². The number of halogens is 8. The molecule has 0 amide bonds. The molecule has 0 atom stereocenters. The standard InChI is InChI=1S/C32H38F8O2/c1-3-5-7-8-9-11-13-20-23(33)25(35)21(26(36)24(20)34)22-27(37)29(39)31(30(40)28(22)38)42-32(41)19-16-14-18(15-17-19)12-10-6-4-2/h18-19H,3-17H2,1-2H3/t18-,19-. The highest BCUT2D eigenvalue weighted by Gasteiger charge is 2.36. The minimum atomic E-state index is -2.35. The van der Waals surface area contributed by atoms with Gasteiger partial charge in [-0.15, -0.1) is 0 Å². The molecule has 3 rings (SSSR count). The topological polar surface area (TPSA) is 26.3 Å². The molecule has 0 N–H and O–H groups in total. The van der Waals surface area contributed by atoms with E-state index in [0.717, 1.165) is 51.4 Å². The molecule has 2 aromatic carbocycles. The monoisotopic (exact) mass is 606 g/mol. The predicted octanol–water partition coefficient (Wildman–Crippen LogP) is 10.7. The van der Waals surface area contributed by atoms with Crippen molar-refractivity contribution in [3.05, 3.63) is 52.1 Å². The van der Waals surface area contributed by atoms with Crippen molar-refractivity contribution in [1.29, 1.82) is 0 Å². The van der Waals surface area contributed by atoms with Gasteiger partial charge in [0.1, 0.15) is 0 Å². The number of benzene rings is 2. The average Bonchev–Trinajstić information content (AvgIpc) is 2.98. The second kappa shape index (κ2) is 15.7. The van der Waals surface area contributed by atoms with Gasteiger partial charge in [0.15, 0.2) is 34.9 Å². The number of carbonyl (C=O) groups is 1. The summed E-state index contributed by atoms with van der Waals surface area (Å²) in [4.78, 5) is 12.6. The van der Waals surface area contributed by atoms with Gasteiger partial charge in [-0.3, -0.25) is 4.79 Å². The van der Waals surface area contributed by atoms with Crippen molar-refractivity contribution in [2.75, 3.05) is 0 Å². The van der Waals surface area contributed by atoms with E-state index in [4.69, 9.17) is 4.74 Å². The van der Waals surface area contributed by atoms with Crippen LogP contribution in [0.5, 0.6) is 5.75 Å². The normalized spacial score (nSPS) is 17.1. The predicted molar refractivity (Wildman–Crippen MR) is 144 cm³/mol. The second-order valence-electron chi connectivity index (χ2n) is 11.2. The molecule has 2 aromatic rings. The van der Waals surface area contributed by atoms with Gasteiger partial charge in [-0.2, -0.15) is 8.78 Å². The van der Waals surface area contributed by atoms with Gasteiger partial charge in [-0.1, -0.05) is 71.6 Å². The van der Waals surface area contributed by atoms with Crippen LogP contribution >= 0.6 is 0 Å². The molecule has 0 heterocycles. The maximum Gasteiger partial charge on any atom is 0.314 e. The van der Waals surface area contributed by atoms with Crippen LogP contribution in [0.3, 0.4) is 0 Å². The SMILES string of the molecule is CCCCCCCCc1c(F)c(F)c(-c2c(F)c(F)c(OC(=O)[C@H]3CC[C@H](CCCCC)CC3)c(F)c2F)c(F)c1F. The Bertz CT molecular complexity index is 1180. The van der Waals surface area contributed by atoms with E-state index in [0.29, 0.717) is 38.0 Å². The van der Waals surface area contributed by atoms with E-state index in [1.807, 2.05) is 6.92 Å². The first-order valence-corrected chi connectivity index (χ1v) is 15.0. The molecular weight excluding hydrogens is 568 g/mol. The summed E-state index contributed by atoms with van der Waals surface area (Å²) < 4.78 is 124. The fourth-order valence-corrected chi connectivity index (χ4v) is 5.67. The summed E-state index contributed by atoms with van der Waals surface area (Å²) in [5, 5.41) is 0. The summed E-state index contributed by atoms with van der Waals surface area (Å²) in [6.07, 6.45) is 10.2. The van der Waals surface area contributed by atoms with Crippen molar-refractivity contribution in [3.63, 3.8) is 0 Å². The lowest BCUT2D eigenvalue weighted by Crippen LogP contribution is -2.26. The summed E-state index contributed by atoms with van der Waals surface area (Å²) in [5.41, 5.74) is -4.86. The van der Waals surface area contributed by atoms with Crippen molar-refractivity contribution in [3.8, 4) is 16.9 Å². The third-order valence-electron chi connectivity index (χ3n) is 8.21. The number of hydrogen-bond donors (Lipinski definition) is 0. The summed E-state index contributed by atoms with van der Waals surface area (Å²) >= 11 is 0. The fraction of sp³-hybridized carbons (Fsp3) is 0.594. The molecule has 0 saturated heterocycles. The molecule has 1 aliphatic carbocycles. The Kier molecular flexibility index (Phi) is 12.7. The van der Waals surface area contributed by atoms with Crippen molar-refractivity contribution in [2.24, 2.45) is 11.8 Å². The Balaban J connectivity index is 1.83. The third-order valence-corrected chi connectivity index (χ3v) is 8.21. The van der Waals surface area contributed by atoms with Gasteiger partial charge in [-0.25, -0.2) is 26.3 Å². The zero-order valence-electron chi connectivity index (χ0n) is 24.1. The van der Waals surface area contributed by atoms with Gasteiger partial charge < -0.3 is 4.74 Å². The van der Waals surface area contributed by atoms with E-state index in [9.17, 15) is 31.1 Å². The number of ether oxygens (including phenoxy) is 1. The Morgan fingerprint density at radius 2 is 1.05 bits per heavy atom. The van der Waals surface area contributed by atoms with Crippen LogP contribution < -0.4 is 4.74 Å². The molecule has 0 aliphatic heterocycles. The number of unbranched alkanes of at least 4 members (excludes halogenated alkanes) is 7. The molecule has 0 radical (unpaired) electrons. The quantitative estimate of drug-likeness (QED) is 0.0703. The van der Waals surface area contributed by atoms with Crippen molar-refractivity contribution in [1.82, 2.24) is 0 Å². The molecule has 0 bridgehead atoms. The van der Waals surface area contributed by atoms with Gasteiger partial charge in [0.2, 0.25) is 17.4 Å². The molecular formula is C32H38F8O2. The lowest BCUT2D eigenvalue weighted by molar-refractivity contribution is -0.140. The van der Waals surface area contributed by atoms with E-state index < -0.39 is 80.9 Å². The van der Waals surface area contributed by atoms with Crippen LogP contribution in [0.4, 0.5) is 35.1 Å². The highest BCUT2D eigenvalue weighted by Crippen LogP contribution is 2.41. The largest absolute Gasteiger partial charge is 0.420 e. The lowest BCUT2D eigenvalue weighted by Gasteiger charge is -2.27. The molecule has 1 fully saturated rings. The molecule has 1 aliphatic rings. The zero-order chi connectivity index (χ0) is 31.0. The van der Waals surface area contributed by atoms with E-state index in [-0.39, 0.29) is 12.8 Å². The molecule has 42 heavy (non-hydrogen) atoms. The Labute approximate surface area is 241 Å². The minimum absolute atomic E-state index is 0.197. The molecule has 0 aromatic heterocycles. The van der Waals surface area contributed by atoms with Crippen LogP contribution in [-0.2, 0) is 11.2 Å². The van der Waals surface area contributed by atoms with Gasteiger partial charge in [-0.05, 0) is 44.4 Å². The minimum Gasteiger partial charge on any atom is -0.420 e. The lowest BCUT2D eigenvalue weighted by atomic mass is 9.80. The Morgan fingerprint density at radius 3 is 1.57 bits per heavy atom. The third kappa shape index (κ3) is 7.64. The first kappa shape index (κ1) is 33.8. The highest BCUT2D eigenvalue weighted by atomic mass is 19.2. The van der Waals surface area contributed by atoms with E-state index in [1.54, 1.807) is 0 Å². The van der Waals surface area contributed by atoms with Crippen molar-refractivity contribution < 1.29 is 44.7 Å². The van der Waals surface area contributed by atoms with Gasteiger partial charge in [0.25, 0.3) is 0 Å². The molecule has 0 spiro atoms. The Hall–Kier alpha value is -2.65. The van der Waals surface area contributed by atoms with E-state index >= 15 is 8.78 Å². The first-order chi connectivity index (χ1) is 20.0. The number of carbonyl (C=O) groups excluding carboxylic acids is 1. The summed E-state index contributed by atoms with van der Waals surface area (Å²) in [6.45, 7) is 4.09. The average molecular weight is 607 g/mol. The second-order valence-corrected chi connectivity index (χ2v) is 11.2. The molecule has 1 saturated carbocycles. The van der Waals surface area contributed by atoms with Crippen LogP contribution in [0.2, 0.25) is 0 Å². The summed E-state index contributed by atoms with van der Waals surface area (Å²) in [6, 6.07) is 0. The molecule has 2 nitrogen and oxygen atoms in total. The van der Waals surface area contributed by atoms with Gasteiger partial charge in [0.05, 0.1) is 17.0 Å².